The minimum atomic E-state index is -0.999. The SMILES string of the molecule is CCc1cc(C[C@@H](OC(=O)N2CCC(n3c(=O)[nH]c4c5ccccc5ncc43)CC2)C(=O)N2CCC(N(C)C)CC2)cc(Cl)c1N. The predicted octanol–water partition coefficient (Wildman–Crippen LogP) is 4.61. The average molecular weight is 648 g/mol. The second-order valence-electron chi connectivity index (χ2n) is 12.7. The molecular formula is C34H42ClN7O4. The van der Waals surface area contributed by atoms with E-state index in [0.29, 0.717) is 62.2 Å². The molecule has 0 spiro atoms. The Labute approximate surface area is 273 Å². The maximum Gasteiger partial charge on any atom is 0.410 e. The van der Waals surface area contributed by atoms with Gasteiger partial charge in [0.15, 0.2) is 6.10 Å². The second-order valence-corrected chi connectivity index (χ2v) is 13.1. The molecule has 2 aromatic carbocycles. The number of para-hydroxylation sites is 1. The number of ether oxygens (including phenoxy) is 1. The molecule has 244 valence electrons. The minimum Gasteiger partial charge on any atom is -0.436 e. The summed E-state index contributed by atoms with van der Waals surface area (Å²) in [6.07, 6.45) is 3.96. The van der Waals surface area contributed by atoms with Crippen LogP contribution in [0.15, 0.2) is 47.4 Å². The van der Waals surface area contributed by atoms with Gasteiger partial charge in [-0.2, -0.15) is 0 Å². The van der Waals surface area contributed by atoms with Crippen LogP contribution in [-0.4, -0.2) is 93.7 Å². The Bertz CT molecular complexity index is 1800. The summed E-state index contributed by atoms with van der Waals surface area (Å²) in [6.45, 7) is 4.00. The highest BCUT2D eigenvalue weighted by atomic mass is 35.5. The molecule has 46 heavy (non-hydrogen) atoms. The molecule has 1 atom stereocenters. The predicted molar refractivity (Wildman–Crippen MR) is 180 cm³/mol. The number of imidazole rings is 1. The van der Waals surface area contributed by atoms with Gasteiger partial charge in [-0.15, -0.1) is 0 Å². The monoisotopic (exact) mass is 647 g/mol. The maximum atomic E-state index is 13.9. The Balaban J connectivity index is 1.17. The quantitative estimate of drug-likeness (QED) is 0.280. The third kappa shape index (κ3) is 6.30. The standard InChI is InChI=1S/C34H42ClN7O4/c1-4-22-17-21(18-26(35)30(22)36)19-29(32(43)40-13-9-23(10-14-40)39(2)3)46-34(45)41-15-11-24(12-16-41)42-28-20-37-27-8-6-5-7-25(27)31(28)38-33(42)44/h5-8,17-18,20,23-24,29H,4,9-16,19,36H2,1-3H3,(H,38,44)/t29-/m1/s1. The lowest BCUT2D eigenvalue weighted by atomic mass is 9.99. The van der Waals surface area contributed by atoms with Gasteiger partial charge in [0.1, 0.15) is 0 Å². The number of hydrogen-bond donors (Lipinski definition) is 2. The first kappa shape index (κ1) is 31.9. The zero-order valence-electron chi connectivity index (χ0n) is 26.7. The van der Waals surface area contributed by atoms with Crippen molar-refractivity contribution < 1.29 is 14.3 Å². The first-order valence-electron chi connectivity index (χ1n) is 16.1. The lowest BCUT2D eigenvalue weighted by Gasteiger charge is -2.37. The van der Waals surface area contributed by atoms with Crippen LogP contribution >= 0.6 is 11.6 Å². The van der Waals surface area contributed by atoms with Crippen LogP contribution in [0, 0.1) is 0 Å². The molecule has 2 amide bonds. The molecule has 0 radical (unpaired) electrons. The number of rotatable bonds is 7. The van der Waals surface area contributed by atoms with E-state index in [1.165, 1.54) is 0 Å². The number of anilines is 1. The van der Waals surface area contributed by atoms with Gasteiger partial charge in [0.25, 0.3) is 5.91 Å². The summed E-state index contributed by atoms with van der Waals surface area (Å²) in [5, 5.41) is 1.32. The molecule has 2 aromatic heterocycles. The van der Waals surface area contributed by atoms with Crippen molar-refractivity contribution in [1.29, 1.82) is 0 Å². The molecule has 4 aromatic rings. The summed E-state index contributed by atoms with van der Waals surface area (Å²) >= 11 is 6.44. The molecule has 2 aliphatic rings. The summed E-state index contributed by atoms with van der Waals surface area (Å²) in [7, 11) is 4.11. The second kappa shape index (κ2) is 13.3. The third-order valence-electron chi connectivity index (χ3n) is 9.66. The first-order chi connectivity index (χ1) is 22.1. The van der Waals surface area contributed by atoms with Crippen LogP contribution in [0.2, 0.25) is 5.02 Å². The zero-order chi connectivity index (χ0) is 32.5. The molecule has 6 rings (SSSR count). The fraction of sp³-hybridized carbons (Fsp3) is 0.471. The molecule has 2 aliphatic heterocycles. The van der Waals surface area contributed by atoms with E-state index in [-0.39, 0.29) is 24.1 Å². The number of aryl methyl sites for hydroxylation is 1. The molecular weight excluding hydrogens is 606 g/mol. The summed E-state index contributed by atoms with van der Waals surface area (Å²) in [6, 6.07) is 11.7. The van der Waals surface area contributed by atoms with Gasteiger partial charge in [0, 0.05) is 50.1 Å². The van der Waals surface area contributed by atoms with Gasteiger partial charge in [-0.25, -0.2) is 9.59 Å². The molecule has 4 heterocycles. The van der Waals surface area contributed by atoms with Gasteiger partial charge in [-0.05, 0) is 69.5 Å². The average Bonchev–Trinajstić information content (AvgIpc) is 3.41. The van der Waals surface area contributed by atoms with E-state index >= 15 is 0 Å². The number of nitrogens with two attached hydrogens (primary N) is 1. The van der Waals surface area contributed by atoms with E-state index in [1.807, 2.05) is 42.2 Å². The lowest BCUT2D eigenvalue weighted by molar-refractivity contribution is -0.142. The van der Waals surface area contributed by atoms with Gasteiger partial charge < -0.3 is 30.2 Å². The van der Waals surface area contributed by atoms with Gasteiger partial charge in [-0.1, -0.05) is 42.8 Å². The number of nitrogens with zero attached hydrogens (tertiary/aromatic N) is 5. The summed E-state index contributed by atoms with van der Waals surface area (Å²) in [4.78, 5) is 53.8. The Morgan fingerprint density at radius 2 is 1.78 bits per heavy atom. The number of piperidine rings is 2. The number of nitrogen functional groups attached to an aromatic ring is 1. The number of aromatic amines is 1. The van der Waals surface area contributed by atoms with E-state index in [9.17, 15) is 14.4 Å². The number of amides is 2. The van der Waals surface area contributed by atoms with Crippen LogP contribution in [0.25, 0.3) is 21.9 Å². The highest BCUT2D eigenvalue weighted by Gasteiger charge is 2.34. The Morgan fingerprint density at radius 3 is 2.48 bits per heavy atom. The number of hydrogen-bond acceptors (Lipinski definition) is 7. The third-order valence-corrected chi connectivity index (χ3v) is 9.97. The van der Waals surface area contributed by atoms with Crippen molar-refractivity contribution in [2.75, 3.05) is 46.0 Å². The van der Waals surface area contributed by atoms with Gasteiger partial charge >= 0.3 is 11.8 Å². The molecule has 2 fully saturated rings. The number of aromatic nitrogens is 3. The number of carbonyl (C=O) groups is 2. The number of likely N-dealkylation sites (tertiary alicyclic amines) is 2. The topological polar surface area (TPSA) is 130 Å². The van der Waals surface area contributed by atoms with E-state index in [2.05, 4.69) is 29.0 Å². The van der Waals surface area contributed by atoms with Gasteiger partial charge in [0.2, 0.25) is 0 Å². The van der Waals surface area contributed by atoms with Crippen molar-refractivity contribution in [2.45, 2.75) is 63.6 Å². The van der Waals surface area contributed by atoms with Crippen molar-refractivity contribution in [2.24, 2.45) is 0 Å². The van der Waals surface area contributed by atoms with Crippen molar-refractivity contribution >= 4 is 51.2 Å². The highest BCUT2D eigenvalue weighted by Crippen LogP contribution is 2.30. The largest absolute Gasteiger partial charge is 0.436 e. The van der Waals surface area contributed by atoms with Crippen LogP contribution in [0.1, 0.15) is 49.8 Å². The number of pyridine rings is 1. The molecule has 2 saturated heterocycles. The van der Waals surface area contributed by atoms with Crippen LogP contribution in [0.3, 0.4) is 0 Å². The van der Waals surface area contributed by atoms with Gasteiger partial charge in [0.05, 0.1) is 33.5 Å². The maximum absolute atomic E-state index is 13.9. The number of H-pyrrole nitrogens is 1. The molecule has 0 unspecified atom stereocenters. The summed E-state index contributed by atoms with van der Waals surface area (Å²) in [5.74, 6) is -0.198. The number of fused-ring (bicyclic) bond motifs is 3. The molecule has 0 bridgehead atoms. The molecule has 0 aliphatic carbocycles. The van der Waals surface area contributed by atoms with E-state index in [0.717, 1.165) is 45.9 Å². The van der Waals surface area contributed by atoms with Crippen molar-refractivity contribution in [1.82, 2.24) is 29.2 Å². The minimum absolute atomic E-state index is 0.104. The number of halogens is 1. The molecule has 12 heteroatoms. The van der Waals surface area contributed by atoms with Crippen LogP contribution in [0.4, 0.5) is 10.5 Å². The van der Waals surface area contributed by atoms with Crippen molar-refractivity contribution in [3.8, 4) is 0 Å². The molecule has 11 nitrogen and oxygen atoms in total. The Kier molecular flexibility index (Phi) is 9.24. The molecule has 0 saturated carbocycles. The first-order valence-corrected chi connectivity index (χ1v) is 16.5. The Hall–Kier alpha value is -4.09. The van der Waals surface area contributed by atoms with E-state index in [4.69, 9.17) is 22.1 Å². The molecule has 3 N–H and O–H groups in total. The van der Waals surface area contributed by atoms with E-state index < -0.39 is 12.2 Å². The summed E-state index contributed by atoms with van der Waals surface area (Å²) < 4.78 is 7.78. The number of benzene rings is 2. The van der Waals surface area contributed by atoms with Crippen LogP contribution < -0.4 is 11.4 Å². The Morgan fingerprint density at radius 1 is 1.09 bits per heavy atom. The number of carbonyl (C=O) groups excluding carboxylic acids is 2. The fourth-order valence-electron chi connectivity index (χ4n) is 6.93. The van der Waals surface area contributed by atoms with Crippen LogP contribution in [-0.2, 0) is 22.4 Å². The number of nitrogens with one attached hydrogen (secondary N) is 1. The lowest BCUT2D eigenvalue weighted by Crippen LogP contribution is -2.50. The van der Waals surface area contributed by atoms with Crippen LogP contribution in [0.5, 0.6) is 0 Å². The zero-order valence-corrected chi connectivity index (χ0v) is 27.4. The normalized spacial score (nSPS) is 17.2. The van der Waals surface area contributed by atoms with Crippen molar-refractivity contribution in [3.63, 3.8) is 0 Å². The summed E-state index contributed by atoms with van der Waals surface area (Å²) in [5.41, 5.74) is 10.5. The fourth-order valence-corrected chi connectivity index (χ4v) is 7.20. The van der Waals surface area contributed by atoms with Crippen molar-refractivity contribution in [3.05, 3.63) is 69.2 Å². The smallest absolute Gasteiger partial charge is 0.410 e. The van der Waals surface area contributed by atoms with Gasteiger partial charge in [-0.3, -0.25) is 14.3 Å². The van der Waals surface area contributed by atoms with E-state index in [1.54, 1.807) is 21.7 Å². The highest BCUT2D eigenvalue weighted by molar-refractivity contribution is 6.33.